The van der Waals surface area contributed by atoms with Crippen molar-refractivity contribution in [1.82, 2.24) is 5.32 Å². The minimum Gasteiger partial charge on any atom is -0.464 e. The normalized spacial score (nSPS) is 21.2. The smallest absolute Gasteiger partial charge is 0.464 e. The van der Waals surface area contributed by atoms with Crippen LogP contribution < -0.4 is 11.1 Å². The molecule has 0 aliphatic heterocycles. The topological polar surface area (TPSA) is 108 Å². The molecule has 1 aliphatic rings. The Hall–Kier alpha value is -2.62. The third-order valence-corrected chi connectivity index (χ3v) is 6.64. The lowest BCUT2D eigenvalue weighted by Crippen LogP contribution is -2.56. The van der Waals surface area contributed by atoms with Gasteiger partial charge in [-0.05, 0) is 47.8 Å². The first-order chi connectivity index (χ1) is 16.7. The molecule has 1 aliphatic carbocycles. The second-order valence-electron chi connectivity index (χ2n) is 10.0. The number of nitrogens with two attached hydrogens (primary N) is 1. The van der Waals surface area contributed by atoms with Crippen molar-refractivity contribution < 1.29 is 37.0 Å². The molecule has 0 bridgehead atoms. The van der Waals surface area contributed by atoms with Gasteiger partial charge in [-0.2, -0.15) is 13.2 Å². The summed E-state index contributed by atoms with van der Waals surface area (Å²) >= 11 is 0. The van der Waals surface area contributed by atoms with E-state index in [2.05, 4.69) is 5.32 Å². The molecule has 3 N–H and O–H groups in total. The van der Waals surface area contributed by atoms with Crippen molar-refractivity contribution in [3.63, 3.8) is 0 Å². The molecule has 0 aromatic heterocycles. The highest BCUT2D eigenvalue weighted by Gasteiger charge is 2.52. The number of hydrogen-bond donors (Lipinski definition) is 2. The highest BCUT2D eigenvalue weighted by molar-refractivity contribution is 5.82. The van der Waals surface area contributed by atoms with Crippen molar-refractivity contribution in [3.05, 3.63) is 34.9 Å². The number of carbonyl (C=O) groups is 3. The summed E-state index contributed by atoms with van der Waals surface area (Å²) in [4.78, 5) is 35.8. The Kier molecular flexibility index (Phi) is 9.93. The number of benzene rings is 1. The molecule has 202 valence electrons. The van der Waals surface area contributed by atoms with Gasteiger partial charge in [0.1, 0.15) is 18.2 Å². The quantitative estimate of drug-likeness (QED) is 0.472. The molecule has 0 spiro atoms. The fraction of sp³-hybridized carbons (Fsp3) is 0.654. The van der Waals surface area contributed by atoms with Crippen LogP contribution in [0, 0.1) is 0 Å². The van der Waals surface area contributed by atoms with Crippen molar-refractivity contribution in [2.24, 2.45) is 5.73 Å². The number of hydrogen-bond acceptors (Lipinski definition) is 6. The minimum atomic E-state index is -5.19. The number of carbonyl (C=O) groups excluding carboxylic acids is 3. The predicted octanol–water partition coefficient (Wildman–Crippen LogP) is 4.44. The van der Waals surface area contributed by atoms with E-state index in [4.69, 9.17) is 15.2 Å². The first-order valence-corrected chi connectivity index (χ1v) is 12.3. The van der Waals surface area contributed by atoms with Gasteiger partial charge in [-0.3, -0.25) is 9.59 Å². The van der Waals surface area contributed by atoms with Gasteiger partial charge in [-0.15, -0.1) is 0 Å². The van der Waals surface area contributed by atoms with Gasteiger partial charge in [0.05, 0.1) is 6.54 Å². The molecule has 2 rings (SSSR count). The van der Waals surface area contributed by atoms with Crippen molar-refractivity contribution in [1.29, 1.82) is 0 Å². The van der Waals surface area contributed by atoms with Gasteiger partial charge < -0.3 is 20.5 Å². The Labute approximate surface area is 210 Å². The summed E-state index contributed by atoms with van der Waals surface area (Å²) in [5, 5.41) is 2.57. The molecule has 0 radical (unpaired) electrons. The number of halogens is 3. The van der Waals surface area contributed by atoms with E-state index >= 15 is 0 Å². The van der Waals surface area contributed by atoms with E-state index in [0.717, 1.165) is 23.1 Å². The van der Waals surface area contributed by atoms with Crippen LogP contribution in [0.4, 0.5) is 13.2 Å². The number of nitrogens with one attached hydrogen (secondary N) is 1. The summed E-state index contributed by atoms with van der Waals surface area (Å²) in [5.41, 5.74) is 6.98. The Morgan fingerprint density at radius 3 is 2.19 bits per heavy atom. The number of ether oxygens (including phenoxy) is 2. The van der Waals surface area contributed by atoms with Gasteiger partial charge in [0.2, 0.25) is 5.91 Å². The minimum absolute atomic E-state index is 0.0726. The molecule has 1 amide bonds. The maximum absolute atomic E-state index is 13.4. The van der Waals surface area contributed by atoms with E-state index < -0.39 is 41.6 Å². The average molecular weight is 515 g/mol. The van der Waals surface area contributed by atoms with Crippen LogP contribution in [0.5, 0.6) is 0 Å². The zero-order valence-electron chi connectivity index (χ0n) is 21.5. The van der Waals surface area contributed by atoms with Crippen LogP contribution in [0.15, 0.2) is 18.2 Å². The van der Waals surface area contributed by atoms with E-state index in [1.807, 2.05) is 45.9 Å². The van der Waals surface area contributed by atoms with Gasteiger partial charge in [-0.1, -0.05) is 52.3 Å². The molecule has 36 heavy (non-hydrogen) atoms. The van der Waals surface area contributed by atoms with Crippen LogP contribution in [-0.4, -0.2) is 48.8 Å². The SMILES string of the molecule is CC(=O)OC[C@H](N)C(=O)NCC1(OC(=O)C(F)(F)F)CCCCC1c1c(C(C)C)cccc1C(C)C. The fourth-order valence-corrected chi connectivity index (χ4v) is 4.89. The summed E-state index contributed by atoms with van der Waals surface area (Å²) in [6.45, 7) is 8.46. The second-order valence-corrected chi connectivity index (χ2v) is 10.0. The molecule has 0 saturated heterocycles. The lowest BCUT2D eigenvalue weighted by atomic mass is 9.67. The Morgan fingerprint density at radius 2 is 1.69 bits per heavy atom. The zero-order valence-corrected chi connectivity index (χ0v) is 21.5. The third-order valence-electron chi connectivity index (χ3n) is 6.64. The second kappa shape index (κ2) is 12.1. The first kappa shape index (κ1) is 29.6. The molecule has 10 heteroatoms. The fourth-order valence-electron chi connectivity index (χ4n) is 4.89. The molecule has 1 fully saturated rings. The lowest BCUT2D eigenvalue weighted by Gasteiger charge is -2.45. The van der Waals surface area contributed by atoms with Crippen molar-refractivity contribution in [2.45, 2.75) is 95.9 Å². The molecule has 3 atom stereocenters. The van der Waals surface area contributed by atoms with Crippen LogP contribution in [-0.2, 0) is 23.9 Å². The lowest BCUT2D eigenvalue weighted by molar-refractivity contribution is -0.218. The van der Waals surface area contributed by atoms with E-state index in [1.54, 1.807) is 0 Å². The molecule has 1 saturated carbocycles. The van der Waals surface area contributed by atoms with Crippen LogP contribution in [0.2, 0.25) is 0 Å². The molecule has 7 nitrogen and oxygen atoms in total. The van der Waals surface area contributed by atoms with Crippen LogP contribution in [0.25, 0.3) is 0 Å². The van der Waals surface area contributed by atoms with Gasteiger partial charge in [-0.25, -0.2) is 4.79 Å². The molecule has 2 unspecified atom stereocenters. The van der Waals surface area contributed by atoms with Crippen LogP contribution >= 0.6 is 0 Å². The molecule has 0 heterocycles. The van der Waals surface area contributed by atoms with E-state index in [1.165, 1.54) is 6.92 Å². The summed E-state index contributed by atoms with van der Waals surface area (Å²) in [7, 11) is 0. The molecular weight excluding hydrogens is 477 g/mol. The van der Waals surface area contributed by atoms with Crippen molar-refractivity contribution in [2.75, 3.05) is 13.2 Å². The van der Waals surface area contributed by atoms with Crippen molar-refractivity contribution in [3.8, 4) is 0 Å². The number of esters is 2. The number of amides is 1. The monoisotopic (exact) mass is 514 g/mol. The van der Waals surface area contributed by atoms with Gasteiger partial charge >= 0.3 is 18.1 Å². The summed E-state index contributed by atoms with van der Waals surface area (Å²) in [6, 6.07) is 4.60. The predicted molar refractivity (Wildman–Crippen MR) is 128 cm³/mol. The summed E-state index contributed by atoms with van der Waals surface area (Å²) in [6.07, 6.45) is -3.30. The standard InChI is InChI=1S/C26H37F3N2O5/c1-15(2)18-9-8-10-19(16(3)4)22(18)20-11-6-7-12-25(20,36-24(34)26(27,28)29)14-31-23(33)21(30)13-35-17(5)32/h8-10,15-16,20-21H,6-7,11-14,30H2,1-5H3,(H,31,33)/t20?,21-,25?/m0/s1. The highest BCUT2D eigenvalue weighted by atomic mass is 19.4. The van der Waals surface area contributed by atoms with E-state index in [9.17, 15) is 27.6 Å². The summed E-state index contributed by atoms with van der Waals surface area (Å²) in [5.74, 6) is -4.05. The van der Waals surface area contributed by atoms with Gasteiger partial charge in [0.25, 0.3) is 0 Å². The van der Waals surface area contributed by atoms with Gasteiger partial charge in [0, 0.05) is 12.8 Å². The highest BCUT2D eigenvalue weighted by Crippen LogP contribution is 2.48. The Bertz CT molecular complexity index is 922. The third kappa shape index (κ3) is 7.21. The Morgan fingerprint density at radius 1 is 1.11 bits per heavy atom. The maximum Gasteiger partial charge on any atom is 0.490 e. The maximum atomic E-state index is 13.4. The first-order valence-electron chi connectivity index (χ1n) is 12.3. The van der Waals surface area contributed by atoms with E-state index in [0.29, 0.717) is 12.8 Å². The van der Waals surface area contributed by atoms with Crippen molar-refractivity contribution >= 4 is 17.8 Å². The van der Waals surface area contributed by atoms with Crippen LogP contribution in [0.1, 0.15) is 94.7 Å². The number of alkyl halides is 3. The van der Waals surface area contributed by atoms with Gasteiger partial charge in [0.15, 0.2) is 0 Å². The Balaban J connectivity index is 2.55. The van der Waals surface area contributed by atoms with E-state index in [-0.39, 0.29) is 31.4 Å². The molecule has 1 aromatic rings. The largest absolute Gasteiger partial charge is 0.490 e. The summed E-state index contributed by atoms with van der Waals surface area (Å²) < 4.78 is 50.2. The number of rotatable bonds is 9. The molecule has 1 aromatic carbocycles. The molecular formula is C26H37F3N2O5. The average Bonchev–Trinajstić information content (AvgIpc) is 2.80. The van der Waals surface area contributed by atoms with Crippen LogP contribution in [0.3, 0.4) is 0 Å². The zero-order chi connectivity index (χ0) is 27.3.